The van der Waals surface area contributed by atoms with Gasteiger partial charge in [-0.3, -0.25) is 9.36 Å². The van der Waals surface area contributed by atoms with Gasteiger partial charge in [0.2, 0.25) is 0 Å². The fourth-order valence-corrected chi connectivity index (χ4v) is 2.99. The highest BCUT2D eigenvalue weighted by Crippen LogP contribution is 2.30. The molecule has 0 spiro atoms. The first-order valence-electron chi connectivity index (χ1n) is 6.44. The summed E-state index contributed by atoms with van der Waals surface area (Å²) in [5.41, 5.74) is 10.6. The van der Waals surface area contributed by atoms with Gasteiger partial charge in [0, 0.05) is 24.8 Å². The molecule has 0 aliphatic heterocycles. The molecule has 0 bridgehead atoms. The van der Waals surface area contributed by atoms with E-state index in [0.717, 1.165) is 40.1 Å². The van der Waals surface area contributed by atoms with E-state index in [0.29, 0.717) is 0 Å². The molecule has 0 aliphatic carbocycles. The minimum atomic E-state index is -0.211. The van der Waals surface area contributed by atoms with Crippen LogP contribution in [0.4, 0.5) is 0 Å². The predicted molar refractivity (Wildman–Crippen MR) is 78.9 cm³/mol. The minimum absolute atomic E-state index is 0.211. The summed E-state index contributed by atoms with van der Waals surface area (Å²) in [6.07, 6.45) is 2.84. The Morgan fingerprint density at radius 2 is 2.11 bits per heavy atom. The second-order valence-electron chi connectivity index (χ2n) is 4.79. The van der Waals surface area contributed by atoms with Crippen LogP contribution in [0.5, 0.6) is 0 Å². The second kappa shape index (κ2) is 5.46. The van der Waals surface area contributed by atoms with Crippen molar-refractivity contribution in [1.29, 1.82) is 0 Å². The maximum Gasteiger partial charge on any atom is 0.0771 e. The maximum atomic E-state index is 6.46. The molecular weight excluding hydrogens is 306 g/mol. The van der Waals surface area contributed by atoms with Crippen molar-refractivity contribution in [3.63, 3.8) is 0 Å². The third-order valence-corrected chi connectivity index (χ3v) is 4.05. The number of halogens is 1. The zero-order chi connectivity index (χ0) is 14.2. The van der Waals surface area contributed by atoms with Crippen LogP contribution in [0.3, 0.4) is 0 Å². The molecule has 0 radical (unpaired) electrons. The molecule has 1 atom stereocenters. The summed E-state index contributed by atoms with van der Waals surface area (Å²) < 4.78 is 4.80. The third kappa shape index (κ3) is 2.47. The molecule has 2 aromatic rings. The minimum Gasteiger partial charge on any atom is -0.319 e. The third-order valence-electron chi connectivity index (χ3n) is 3.44. The smallest absolute Gasteiger partial charge is 0.0771 e. The molecule has 0 saturated heterocycles. The van der Waals surface area contributed by atoms with Gasteiger partial charge in [0.05, 0.1) is 28.1 Å². The Labute approximate surface area is 121 Å². The second-order valence-corrected chi connectivity index (χ2v) is 5.64. The first-order chi connectivity index (χ1) is 8.97. The summed E-state index contributed by atoms with van der Waals surface area (Å²) in [7, 11) is 1.94. The predicted octanol–water partition coefficient (Wildman–Crippen LogP) is 2.45. The van der Waals surface area contributed by atoms with Crippen LogP contribution >= 0.6 is 15.9 Å². The van der Waals surface area contributed by atoms with E-state index in [1.807, 2.05) is 36.5 Å². The molecule has 0 aliphatic rings. The number of aryl methyl sites for hydroxylation is 3. The van der Waals surface area contributed by atoms with Crippen molar-refractivity contribution in [2.24, 2.45) is 12.8 Å². The average molecular weight is 326 g/mol. The number of nitrogens with two attached hydrogens (primary N) is 1. The van der Waals surface area contributed by atoms with Crippen LogP contribution in [0.1, 0.15) is 42.0 Å². The largest absolute Gasteiger partial charge is 0.319 e. The Bertz CT molecular complexity index is 584. The van der Waals surface area contributed by atoms with Crippen LogP contribution in [0.25, 0.3) is 0 Å². The Morgan fingerprint density at radius 1 is 1.42 bits per heavy atom. The molecule has 1 unspecified atom stereocenters. The van der Waals surface area contributed by atoms with Crippen molar-refractivity contribution in [3.8, 4) is 0 Å². The van der Waals surface area contributed by atoms with E-state index in [4.69, 9.17) is 5.73 Å². The van der Waals surface area contributed by atoms with Gasteiger partial charge in [-0.05, 0) is 36.2 Å². The molecule has 2 heterocycles. The highest BCUT2D eigenvalue weighted by Gasteiger charge is 2.23. The molecule has 0 aromatic carbocycles. The Hall–Kier alpha value is -1.14. The SMILES string of the molecule is CCCn1ncc(Br)c1C(N)c1c(C)nn(C)c1C. The lowest BCUT2D eigenvalue weighted by molar-refractivity contribution is 0.557. The summed E-state index contributed by atoms with van der Waals surface area (Å²) in [6.45, 7) is 7.04. The van der Waals surface area contributed by atoms with Crippen molar-refractivity contribution < 1.29 is 0 Å². The van der Waals surface area contributed by atoms with Gasteiger partial charge in [-0.15, -0.1) is 0 Å². The molecule has 0 fully saturated rings. The number of aromatic nitrogens is 4. The number of hydrogen-bond acceptors (Lipinski definition) is 3. The van der Waals surface area contributed by atoms with Crippen molar-refractivity contribution in [2.75, 3.05) is 0 Å². The van der Waals surface area contributed by atoms with E-state index < -0.39 is 0 Å². The fourth-order valence-electron chi connectivity index (χ4n) is 2.45. The molecule has 104 valence electrons. The molecule has 0 saturated carbocycles. The molecule has 5 nitrogen and oxygen atoms in total. The Balaban J connectivity index is 2.49. The zero-order valence-corrected chi connectivity index (χ0v) is 13.4. The van der Waals surface area contributed by atoms with Crippen molar-refractivity contribution in [1.82, 2.24) is 19.6 Å². The molecule has 6 heteroatoms. The number of rotatable bonds is 4. The summed E-state index contributed by atoms with van der Waals surface area (Å²) in [6, 6.07) is -0.211. The van der Waals surface area contributed by atoms with E-state index in [2.05, 4.69) is 33.1 Å². The summed E-state index contributed by atoms with van der Waals surface area (Å²) in [4.78, 5) is 0. The van der Waals surface area contributed by atoms with Crippen LogP contribution in [0, 0.1) is 13.8 Å². The Kier molecular flexibility index (Phi) is 4.10. The van der Waals surface area contributed by atoms with Crippen molar-refractivity contribution in [2.45, 2.75) is 39.8 Å². The van der Waals surface area contributed by atoms with E-state index in [1.165, 1.54) is 0 Å². The van der Waals surface area contributed by atoms with Gasteiger partial charge in [-0.1, -0.05) is 6.92 Å². The molecule has 2 aromatic heterocycles. The van der Waals surface area contributed by atoms with Crippen molar-refractivity contribution in [3.05, 3.63) is 33.3 Å². The van der Waals surface area contributed by atoms with E-state index in [1.54, 1.807) is 0 Å². The zero-order valence-electron chi connectivity index (χ0n) is 11.8. The molecular formula is C13H20BrN5. The highest BCUT2D eigenvalue weighted by atomic mass is 79.9. The summed E-state index contributed by atoms with van der Waals surface area (Å²) >= 11 is 3.55. The summed E-state index contributed by atoms with van der Waals surface area (Å²) in [5, 5.41) is 8.82. The van der Waals surface area contributed by atoms with Crippen LogP contribution in [0.15, 0.2) is 10.7 Å². The molecule has 2 rings (SSSR count). The molecule has 0 amide bonds. The topological polar surface area (TPSA) is 61.7 Å². The first kappa shape index (κ1) is 14.3. The van der Waals surface area contributed by atoms with Gasteiger partial charge < -0.3 is 5.73 Å². The fraction of sp³-hybridized carbons (Fsp3) is 0.538. The van der Waals surface area contributed by atoms with Gasteiger partial charge in [0.1, 0.15) is 0 Å². The van der Waals surface area contributed by atoms with Crippen molar-refractivity contribution >= 4 is 15.9 Å². The average Bonchev–Trinajstić information content (AvgIpc) is 2.81. The van der Waals surface area contributed by atoms with E-state index in [-0.39, 0.29) is 6.04 Å². The number of hydrogen-bond donors (Lipinski definition) is 1. The summed E-state index contributed by atoms with van der Waals surface area (Å²) in [5.74, 6) is 0. The van der Waals surface area contributed by atoms with Crippen LogP contribution in [-0.2, 0) is 13.6 Å². The first-order valence-corrected chi connectivity index (χ1v) is 7.23. The monoisotopic (exact) mass is 325 g/mol. The van der Waals surface area contributed by atoms with Crippen LogP contribution in [0.2, 0.25) is 0 Å². The van der Waals surface area contributed by atoms with Gasteiger partial charge in [-0.2, -0.15) is 10.2 Å². The van der Waals surface area contributed by atoms with Gasteiger partial charge in [0.25, 0.3) is 0 Å². The normalized spacial score (nSPS) is 12.9. The lowest BCUT2D eigenvalue weighted by Crippen LogP contribution is -2.19. The Morgan fingerprint density at radius 3 is 2.63 bits per heavy atom. The van der Waals surface area contributed by atoms with E-state index >= 15 is 0 Å². The molecule has 19 heavy (non-hydrogen) atoms. The molecule has 2 N–H and O–H groups in total. The quantitative estimate of drug-likeness (QED) is 0.939. The lowest BCUT2D eigenvalue weighted by Gasteiger charge is -2.15. The maximum absolute atomic E-state index is 6.46. The standard InChI is InChI=1S/C13H20BrN5/c1-5-6-19-13(10(14)7-16-19)12(15)11-8(2)17-18(4)9(11)3/h7,12H,5-6,15H2,1-4H3. The van der Waals surface area contributed by atoms with Crippen LogP contribution in [-0.4, -0.2) is 19.6 Å². The van der Waals surface area contributed by atoms with Gasteiger partial charge in [0.15, 0.2) is 0 Å². The lowest BCUT2D eigenvalue weighted by atomic mass is 10.0. The van der Waals surface area contributed by atoms with Gasteiger partial charge in [-0.25, -0.2) is 0 Å². The van der Waals surface area contributed by atoms with Gasteiger partial charge >= 0.3 is 0 Å². The highest BCUT2D eigenvalue weighted by molar-refractivity contribution is 9.10. The number of nitrogens with zero attached hydrogens (tertiary/aromatic N) is 4. The van der Waals surface area contributed by atoms with E-state index in [9.17, 15) is 0 Å². The van der Waals surface area contributed by atoms with Crippen LogP contribution < -0.4 is 5.73 Å².